The first-order valence-corrected chi connectivity index (χ1v) is 10.7. The van der Waals surface area contributed by atoms with E-state index in [1.54, 1.807) is 10.9 Å². The Hall–Kier alpha value is -2.79. The molecule has 1 unspecified atom stereocenters. The van der Waals surface area contributed by atoms with Crippen LogP contribution in [0.2, 0.25) is 0 Å². The zero-order valence-corrected chi connectivity index (χ0v) is 18.5. The van der Waals surface area contributed by atoms with Gasteiger partial charge in [-0.05, 0) is 72.3 Å². The van der Waals surface area contributed by atoms with Gasteiger partial charge in [0.2, 0.25) is 5.95 Å². The zero-order valence-electron chi connectivity index (χ0n) is 16.3. The predicted octanol–water partition coefficient (Wildman–Crippen LogP) is 3.13. The van der Waals surface area contributed by atoms with Gasteiger partial charge in [-0.3, -0.25) is 9.78 Å². The molecule has 4 rings (SSSR count). The summed E-state index contributed by atoms with van der Waals surface area (Å²) in [6, 6.07) is 12.7. The van der Waals surface area contributed by atoms with Crippen LogP contribution in [-0.4, -0.2) is 37.4 Å². The number of carbonyl (C=O) groups is 1. The summed E-state index contributed by atoms with van der Waals surface area (Å²) in [5.74, 6) is 0.941. The first-order chi connectivity index (χ1) is 14.6. The highest BCUT2D eigenvalue weighted by atomic mass is 127. The number of fused-ring (bicyclic) bond motifs is 1. The van der Waals surface area contributed by atoms with Crippen molar-refractivity contribution in [3.63, 3.8) is 0 Å². The Morgan fingerprint density at radius 2 is 2.07 bits per heavy atom. The van der Waals surface area contributed by atoms with E-state index in [4.69, 9.17) is 5.11 Å². The average molecular weight is 516 g/mol. The van der Waals surface area contributed by atoms with Gasteiger partial charge >= 0.3 is 0 Å². The fourth-order valence-electron chi connectivity index (χ4n) is 3.38. The fourth-order valence-corrected chi connectivity index (χ4v) is 3.73. The van der Waals surface area contributed by atoms with Crippen LogP contribution in [0.25, 0.3) is 0 Å². The lowest BCUT2D eigenvalue weighted by atomic mass is 9.98. The standard InChI is InChI=1S/C21H21IN6O2/c1-13-18(20(30)25-15-9-7-14(22)8-10-15)19(16-5-2-3-11-23-16)28-21(24-13)26-17(27-28)6-4-12-29/h2-3,5,7-11,19,29H,4,6,12H2,1H3,(H,25,30)(H,24,26,27). The summed E-state index contributed by atoms with van der Waals surface area (Å²) in [6.45, 7) is 1.92. The number of rotatable bonds is 6. The molecule has 0 saturated carbocycles. The van der Waals surface area contributed by atoms with Crippen molar-refractivity contribution in [2.45, 2.75) is 25.8 Å². The van der Waals surface area contributed by atoms with Crippen LogP contribution in [0.15, 0.2) is 59.9 Å². The number of nitrogens with zero attached hydrogens (tertiary/aromatic N) is 4. The Morgan fingerprint density at radius 1 is 1.27 bits per heavy atom. The molecule has 3 N–H and O–H groups in total. The van der Waals surface area contributed by atoms with Crippen LogP contribution in [0, 0.1) is 3.57 Å². The normalized spacial score (nSPS) is 15.5. The molecule has 1 aromatic carbocycles. The molecule has 30 heavy (non-hydrogen) atoms. The number of aromatic nitrogens is 4. The number of halogens is 1. The lowest BCUT2D eigenvalue weighted by molar-refractivity contribution is -0.113. The third-order valence-corrected chi connectivity index (χ3v) is 5.49. The molecule has 154 valence electrons. The molecule has 0 saturated heterocycles. The van der Waals surface area contributed by atoms with Gasteiger partial charge in [0.1, 0.15) is 6.04 Å². The second-order valence-corrected chi connectivity index (χ2v) is 8.15. The SMILES string of the molecule is CC1=C(C(=O)Nc2ccc(I)cc2)C(c2ccccn2)n2nc(CCCO)nc2N1. The number of aliphatic hydroxyl groups excluding tert-OH is 1. The van der Waals surface area contributed by atoms with Crippen LogP contribution in [0.1, 0.15) is 30.9 Å². The number of hydrogen-bond acceptors (Lipinski definition) is 6. The lowest BCUT2D eigenvalue weighted by Gasteiger charge is -2.28. The van der Waals surface area contributed by atoms with Gasteiger partial charge in [0.15, 0.2) is 5.82 Å². The van der Waals surface area contributed by atoms with Crippen molar-refractivity contribution in [2.24, 2.45) is 0 Å². The van der Waals surface area contributed by atoms with Gasteiger partial charge in [-0.1, -0.05) is 6.07 Å². The Balaban J connectivity index is 1.73. The van der Waals surface area contributed by atoms with Gasteiger partial charge in [0, 0.05) is 34.2 Å². The number of pyridine rings is 1. The van der Waals surface area contributed by atoms with Crippen LogP contribution in [-0.2, 0) is 11.2 Å². The Morgan fingerprint density at radius 3 is 2.77 bits per heavy atom. The number of aryl methyl sites for hydroxylation is 1. The molecule has 1 aliphatic heterocycles. The number of aliphatic hydroxyl groups is 1. The predicted molar refractivity (Wildman–Crippen MR) is 122 cm³/mol. The highest BCUT2D eigenvalue weighted by molar-refractivity contribution is 14.1. The van der Waals surface area contributed by atoms with Gasteiger partial charge in [-0.25, -0.2) is 4.68 Å². The highest BCUT2D eigenvalue weighted by Gasteiger charge is 2.35. The van der Waals surface area contributed by atoms with Crippen molar-refractivity contribution < 1.29 is 9.90 Å². The Kier molecular flexibility index (Phi) is 6.09. The molecule has 9 heteroatoms. The molecule has 3 aromatic rings. The fraction of sp³-hybridized carbons (Fsp3) is 0.238. The third-order valence-electron chi connectivity index (χ3n) is 4.77. The summed E-state index contributed by atoms with van der Waals surface area (Å²) in [4.78, 5) is 22.3. The third kappa shape index (κ3) is 4.21. The molecular weight excluding hydrogens is 495 g/mol. The van der Waals surface area contributed by atoms with Crippen molar-refractivity contribution in [2.75, 3.05) is 17.2 Å². The first-order valence-electron chi connectivity index (χ1n) is 9.58. The molecular formula is C21H21IN6O2. The molecule has 0 bridgehead atoms. The quantitative estimate of drug-likeness (QED) is 0.435. The van der Waals surface area contributed by atoms with Crippen molar-refractivity contribution >= 4 is 40.1 Å². The van der Waals surface area contributed by atoms with Gasteiger partial charge in [-0.15, -0.1) is 0 Å². The van der Waals surface area contributed by atoms with E-state index in [1.165, 1.54) is 0 Å². The summed E-state index contributed by atoms with van der Waals surface area (Å²) in [6.07, 6.45) is 2.82. The second kappa shape index (κ2) is 8.92. The molecule has 0 fully saturated rings. The number of carbonyl (C=O) groups excluding carboxylic acids is 1. The topological polar surface area (TPSA) is 105 Å². The summed E-state index contributed by atoms with van der Waals surface area (Å²) in [5.41, 5.74) is 2.64. The van der Waals surface area contributed by atoms with Crippen LogP contribution < -0.4 is 10.6 Å². The Bertz CT molecular complexity index is 1080. The molecule has 3 heterocycles. The first kappa shape index (κ1) is 20.5. The number of allylic oxidation sites excluding steroid dienone is 1. The largest absolute Gasteiger partial charge is 0.396 e. The number of hydrogen-bond donors (Lipinski definition) is 3. The van der Waals surface area contributed by atoms with E-state index in [0.717, 1.165) is 3.57 Å². The van der Waals surface area contributed by atoms with E-state index in [2.05, 4.69) is 48.3 Å². The molecule has 1 amide bonds. The zero-order chi connectivity index (χ0) is 21.1. The molecule has 0 aliphatic carbocycles. The molecule has 0 spiro atoms. The van der Waals surface area contributed by atoms with E-state index in [0.29, 0.717) is 47.3 Å². The summed E-state index contributed by atoms with van der Waals surface area (Å²) < 4.78 is 2.79. The van der Waals surface area contributed by atoms with Gasteiger partial charge in [-0.2, -0.15) is 10.1 Å². The minimum absolute atomic E-state index is 0.0713. The maximum atomic E-state index is 13.3. The molecule has 1 atom stereocenters. The molecule has 2 aromatic heterocycles. The van der Waals surface area contributed by atoms with E-state index >= 15 is 0 Å². The van der Waals surface area contributed by atoms with Crippen LogP contribution in [0.3, 0.4) is 0 Å². The van der Waals surface area contributed by atoms with E-state index in [9.17, 15) is 4.79 Å². The summed E-state index contributed by atoms with van der Waals surface area (Å²) in [7, 11) is 0. The van der Waals surface area contributed by atoms with Crippen molar-refractivity contribution in [1.82, 2.24) is 19.7 Å². The monoisotopic (exact) mass is 516 g/mol. The minimum Gasteiger partial charge on any atom is -0.396 e. The van der Waals surface area contributed by atoms with Gasteiger partial charge in [0.05, 0.1) is 11.3 Å². The second-order valence-electron chi connectivity index (χ2n) is 6.91. The maximum Gasteiger partial charge on any atom is 0.255 e. The average Bonchev–Trinajstić information content (AvgIpc) is 3.15. The number of benzene rings is 1. The smallest absolute Gasteiger partial charge is 0.255 e. The Labute approximate surface area is 187 Å². The highest BCUT2D eigenvalue weighted by Crippen LogP contribution is 2.34. The summed E-state index contributed by atoms with van der Waals surface area (Å²) >= 11 is 2.23. The van der Waals surface area contributed by atoms with Crippen LogP contribution in [0.5, 0.6) is 0 Å². The van der Waals surface area contributed by atoms with Crippen molar-refractivity contribution in [3.8, 4) is 0 Å². The van der Waals surface area contributed by atoms with E-state index in [-0.39, 0.29) is 12.5 Å². The molecule has 1 aliphatic rings. The van der Waals surface area contributed by atoms with E-state index < -0.39 is 6.04 Å². The van der Waals surface area contributed by atoms with Gasteiger partial charge < -0.3 is 15.7 Å². The number of nitrogens with one attached hydrogen (secondary N) is 2. The van der Waals surface area contributed by atoms with Gasteiger partial charge in [0.25, 0.3) is 5.91 Å². The van der Waals surface area contributed by atoms with Crippen molar-refractivity contribution in [3.05, 3.63) is 75.0 Å². The molecule has 8 nitrogen and oxygen atoms in total. The van der Waals surface area contributed by atoms with Crippen LogP contribution in [0.4, 0.5) is 11.6 Å². The van der Waals surface area contributed by atoms with Crippen LogP contribution >= 0.6 is 22.6 Å². The molecule has 0 radical (unpaired) electrons. The minimum atomic E-state index is -0.512. The lowest BCUT2D eigenvalue weighted by Crippen LogP contribution is -2.32. The number of amides is 1. The number of anilines is 2. The van der Waals surface area contributed by atoms with E-state index in [1.807, 2.05) is 49.4 Å². The van der Waals surface area contributed by atoms with Crippen molar-refractivity contribution in [1.29, 1.82) is 0 Å². The summed E-state index contributed by atoms with van der Waals surface area (Å²) in [5, 5.41) is 19.9. The maximum absolute atomic E-state index is 13.3.